The van der Waals surface area contributed by atoms with E-state index in [1.165, 1.54) is 5.56 Å². The van der Waals surface area contributed by atoms with Gasteiger partial charge in [-0.2, -0.15) is 0 Å². The minimum Gasteiger partial charge on any atom is -0.370 e. The van der Waals surface area contributed by atoms with Crippen molar-refractivity contribution in [2.45, 2.75) is 18.9 Å². The van der Waals surface area contributed by atoms with Gasteiger partial charge in [0.15, 0.2) is 0 Å². The van der Waals surface area contributed by atoms with Crippen LogP contribution in [-0.2, 0) is 6.42 Å². The summed E-state index contributed by atoms with van der Waals surface area (Å²) in [4.78, 5) is 8.55. The molecule has 2 aromatic rings. The molecule has 0 saturated carbocycles. The molecule has 1 atom stereocenters. The molecule has 0 unspecified atom stereocenters. The summed E-state index contributed by atoms with van der Waals surface area (Å²) in [5.41, 5.74) is 1.33. The van der Waals surface area contributed by atoms with E-state index in [9.17, 15) is 0 Å². The first-order chi connectivity index (χ1) is 10.4. The van der Waals surface area contributed by atoms with Gasteiger partial charge in [-0.1, -0.05) is 30.3 Å². The van der Waals surface area contributed by atoms with Crippen LogP contribution < -0.4 is 16.0 Å². The third-order valence-electron chi connectivity index (χ3n) is 3.64. The summed E-state index contributed by atoms with van der Waals surface area (Å²) in [6, 6.07) is 12.9. The van der Waals surface area contributed by atoms with Crippen molar-refractivity contribution >= 4 is 11.6 Å². The SMILES string of the molecule is c1ccc(CCNc2cc(N[C@@H]3CCNC3)ncn2)cc1. The first kappa shape index (κ1) is 13.8. The lowest BCUT2D eigenvalue weighted by molar-refractivity contribution is 0.787. The number of rotatable bonds is 6. The highest BCUT2D eigenvalue weighted by molar-refractivity contribution is 5.47. The summed E-state index contributed by atoms with van der Waals surface area (Å²) < 4.78 is 0. The van der Waals surface area contributed by atoms with E-state index in [1.807, 2.05) is 12.1 Å². The Labute approximate surface area is 125 Å². The minimum atomic E-state index is 0.470. The van der Waals surface area contributed by atoms with Gasteiger partial charge < -0.3 is 16.0 Å². The molecular formula is C16H21N5. The maximum Gasteiger partial charge on any atom is 0.131 e. The van der Waals surface area contributed by atoms with Gasteiger partial charge in [0.2, 0.25) is 0 Å². The van der Waals surface area contributed by atoms with E-state index in [1.54, 1.807) is 6.33 Å². The molecule has 1 aromatic heterocycles. The Kier molecular flexibility index (Phi) is 4.63. The third-order valence-corrected chi connectivity index (χ3v) is 3.64. The van der Waals surface area contributed by atoms with Crippen molar-refractivity contribution in [3.63, 3.8) is 0 Å². The molecule has 5 heteroatoms. The second kappa shape index (κ2) is 7.04. The Hall–Kier alpha value is -2.14. The fourth-order valence-corrected chi connectivity index (χ4v) is 2.50. The van der Waals surface area contributed by atoms with Gasteiger partial charge in [-0.25, -0.2) is 9.97 Å². The van der Waals surface area contributed by atoms with Gasteiger partial charge in [0, 0.05) is 25.2 Å². The van der Waals surface area contributed by atoms with Crippen molar-refractivity contribution in [2.24, 2.45) is 0 Å². The van der Waals surface area contributed by atoms with Crippen molar-refractivity contribution in [2.75, 3.05) is 30.3 Å². The Morgan fingerprint density at radius 2 is 2.00 bits per heavy atom. The second-order valence-corrected chi connectivity index (χ2v) is 5.28. The van der Waals surface area contributed by atoms with Gasteiger partial charge in [0.1, 0.15) is 18.0 Å². The Bertz CT molecular complexity index is 552. The quantitative estimate of drug-likeness (QED) is 0.756. The summed E-state index contributed by atoms with van der Waals surface area (Å²) >= 11 is 0. The second-order valence-electron chi connectivity index (χ2n) is 5.28. The highest BCUT2D eigenvalue weighted by Crippen LogP contribution is 2.12. The van der Waals surface area contributed by atoms with Crippen LogP contribution in [0.5, 0.6) is 0 Å². The summed E-state index contributed by atoms with van der Waals surface area (Å²) in [7, 11) is 0. The first-order valence-electron chi connectivity index (χ1n) is 7.47. The topological polar surface area (TPSA) is 61.9 Å². The molecular weight excluding hydrogens is 262 g/mol. The Morgan fingerprint density at radius 1 is 1.14 bits per heavy atom. The summed E-state index contributed by atoms with van der Waals surface area (Å²) in [6.45, 7) is 2.94. The summed E-state index contributed by atoms with van der Waals surface area (Å²) in [5, 5.41) is 10.1. The number of nitrogens with zero attached hydrogens (tertiary/aromatic N) is 2. The molecule has 2 heterocycles. The van der Waals surface area contributed by atoms with E-state index in [0.29, 0.717) is 6.04 Å². The van der Waals surface area contributed by atoms with Crippen LogP contribution in [-0.4, -0.2) is 35.6 Å². The Balaban J connectivity index is 1.51. The molecule has 21 heavy (non-hydrogen) atoms. The van der Waals surface area contributed by atoms with E-state index in [0.717, 1.165) is 44.1 Å². The molecule has 0 spiro atoms. The predicted molar refractivity (Wildman–Crippen MR) is 85.6 cm³/mol. The first-order valence-corrected chi connectivity index (χ1v) is 7.47. The van der Waals surface area contributed by atoms with Crippen LogP contribution in [0.25, 0.3) is 0 Å². The molecule has 1 saturated heterocycles. The molecule has 0 aliphatic carbocycles. The van der Waals surface area contributed by atoms with Gasteiger partial charge in [-0.05, 0) is 24.9 Å². The zero-order valence-electron chi connectivity index (χ0n) is 12.0. The molecule has 3 rings (SSSR count). The van der Waals surface area contributed by atoms with Crippen molar-refractivity contribution in [1.29, 1.82) is 0 Å². The van der Waals surface area contributed by atoms with Crippen LogP contribution in [0.15, 0.2) is 42.7 Å². The van der Waals surface area contributed by atoms with E-state index in [2.05, 4.69) is 50.2 Å². The summed E-state index contributed by atoms with van der Waals surface area (Å²) in [5.74, 6) is 1.76. The minimum absolute atomic E-state index is 0.470. The average Bonchev–Trinajstić information content (AvgIpc) is 3.02. The van der Waals surface area contributed by atoms with E-state index < -0.39 is 0 Å². The monoisotopic (exact) mass is 283 g/mol. The lowest BCUT2D eigenvalue weighted by Gasteiger charge is -2.12. The van der Waals surface area contributed by atoms with Crippen LogP contribution in [0, 0.1) is 0 Å². The molecule has 1 aliphatic rings. The van der Waals surface area contributed by atoms with Gasteiger partial charge in [-0.3, -0.25) is 0 Å². The number of hydrogen-bond acceptors (Lipinski definition) is 5. The number of anilines is 2. The summed E-state index contributed by atoms with van der Waals surface area (Å²) in [6.07, 6.45) is 3.73. The van der Waals surface area contributed by atoms with Crippen molar-refractivity contribution in [3.05, 3.63) is 48.3 Å². The number of nitrogens with one attached hydrogen (secondary N) is 3. The smallest absolute Gasteiger partial charge is 0.131 e. The van der Waals surface area contributed by atoms with Gasteiger partial charge in [-0.15, -0.1) is 0 Å². The predicted octanol–water partition coefficient (Wildman–Crippen LogP) is 1.90. The molecule has 5 nitrogen and oxygen atoms in total. The average molecular weight is 283 g/mol. The van der Waals surface area contributed by atoms with Crippen molar-refractivity contribution in [1.82, 2.24) is 15.3 Å². The molecule has 1 aromatic carbocycles. The molecule has 110 valence electrons. The largest absolute Gasteiger partial charge is 0.370 e. The van der Waals surface area contributed by atoms with Crippen LogP contribution >= 0.6 is 0 Å². The van der Waals surface area contributed by atoms with Gasteiger partial charge in [0.05, 0.1) is 0 Å². The number of aromatic nitrogens is 2. The molecule has 3 N–H and O–H groups in total. The lowest BCUT2D eigenvalue weighted by Crippen LogP contribution is -2.22. The van der Waals surface area contributed by atoms with Crippen LogP contribution in [0.1, 0.15) is 12.0 Å². The molecule has 1 fully saturated rings. The molecule has 0 bridgehead atoms. The zero-order valence-corrected chi connectivity index (χ0v) is 12.0. The lowest BCUT2D eigenvalue weighted by atomic mass is 10.1. The standard InChI is InChI=1S/C16H21N5/c1-2-4-13(5-3-1)6-9-18-15-10-16(20-12-19-15)21-14-7-8-17-11-14/h1-5,10,12,14,17H,6-9,11H2,(H2,18,19,20,21)/t14-/m1/s1. The highest BCUT2D eigenvalue weighted by atomic mass is 15.1. The molecule has 1 aliphatic heterocycles. The van der Waals surface area contributed by atoms with Crippen molar-refractivity contribution < 1.29 is 0 Å². The molecule has 0 radical (unpaired) electrons. The van der Waals surface area contributed by atoms with Gasteiger partial charge in [0.25, 0.3) is 0 Å². The van der Waals surface area contributed by atoms with Crippen LogP contribution in [0.2, 0.25) is 0 Å². The normalized spacial score (nSPS) is 17.6. The number of hydrogen-bond donors (Lipinski definition) is 3. The van der Waals surface area contributed by atoms with E-state index in [4.69, 9.17) is 0 Å². The van der Waals surface area contributed by atoms with Gasteiger partial charge >= 0.3 is 0 Å². The van der Waals surface area contributed by atoms with Crippen molar-refractivity contribution in [3.8, 4) is 0 Å². The van der Waals surface area contributed by atoms with Crippen LogP contribution in [0.3, 0.4) is 0 Å². The number of benzene rings is 1. The zero-order chi connectivity index (χ0) is 14.3. The Morgan fingerprint density at radius 3 is 2.81 bits per heavy atom. The third kappa shape index (κ3) is 4.16. The fourth-order valence-electron chi connectivity index (χ4n) is 2.50. The van der Waals surface area contributed by atoms with E-state index in [-0.39, 0.29) is 0 Å². The maximum atomic E-state index is 4.28. The van der Waals surface area contributed by atoms with E-state index >= 15 is 0 Å². The van der Waals surface area contributed by atoms with Crippen LogP contribution in [0.4, 0.5) is 11.6 Å². The molecule has 0 amide bonds. The highest BCUT2D eigenvalue weighted by Gasteiger charge is 2.14. The maximum absolute atomic E-state index is 4.28. The fraction of sp³-hybridized carbons (Fsp3) is 0.375.